The van der Waals surface area contributed by atoms with Crippen LogP contribution in [-0.4, -0.2) is 4.92 Å². The molecule has 0 amide bonds. The zero-order chi connectivity index (χ0) is 17.7. The minimum absolute atomic E-state index is 0.0678. The standard InChI is InChI=1S/C20H19FN2O2/c1-11-10-17(23(24)25)20-18(12(11)2)13-7-5-8-14(13)19(22-20)15-6-3-4-9-16(15)21/h3-7,9-10,13-14,19,22H,8H2,1-2H3/t13-,14-,19+/m1/s1. The van der Waals surface area contributed by atoms with Crippen molar-refractivity contribution in [2.24, 2.45) is 5.92 Å². The number of halogens is 1. The second-order valence-electron chi connectivity index (χ2n) is 6.88. The van der Waals surface area contributed by atoms with Crippen molar-refractivity contribution in [3.05, 3.63) is 80.7 Å². The molecule has 2 aromatic rings. The number of nitrogens with one attached hydrogen (secondary N) is 1. The van der Waals surface area contributed by atoms with Crippen LogP contribution in [-0.2, 0) is 0 Å². The Hall–Kier alpha value is -2.69. The summed E-state index contributed by atoms with van der Waals surface area (Å²) in [5, 5.41) is 14.9. The molecule has 0 unspecified atom stereocenters. The highest BCUT2D eigenvalue weighted by atomic mass is 19.1. The second-order valence-corrected chi connectivity index (χ2v) is 6.88. The smallest absolute Gasteiger partial charge is 0.292 e. The third kappa shape index (κ3) is 2.34. The van der Waals surface area contributed by atoms with E-state index in [0.717, 1.165) is 23.1 Å². The van der Waals surface area contributed by atoms with Gasteiger partial charge in [0.15, 0.2) is 0 Å². The summed E-state index contributed by atoms with van der Waals surface area (Å²) in [6, 6.07) is 8.00. The summed E-state index contributed by atoms with van der Waals surface area (Å²) in [4.78, 5) is 11.3. The number of aryl methyl sites for hydroxylation is 1. The molecule has 1 N–H and O–H groups in total. The third-order valence-corrected chi connectivity index (χ3v) is 5.59. The molecule has 25 heavy (non-hydrogen) atoms. The van der Waals surface area contributed by atoms with Gasteiger partial charge in [-0.2, -0.15) is 0 Å². The lowest BCUT2D eigenvalue weighted by Gasteiger charge is -2.38. The average molecular weight is 338 g/mol. The van der Waals surface area contributed by atoms with Crippen molar-refractivity contribution in [2.45, 2.75) is 32.2 Å². The minimum atomic E-state index is -0.352. The van der Waals surface area contributed by atoms with Gasteiger partial charge in [0.05, 0.1) is 11.0 Å². The number of nitro benzene ring substituents is 1. The van der Waals surface area contributed by atoms with E-state index >= 15 is 0 Å². The maximum Gasteiger partial charge on any atom is 0.292 e. The van der Waals surface area contributed by atoms with Gasteiger partial charge in [-0.05, 0) is 48.9 Å². The molecule has 1 aliphatic carbocycles. The largest absolute Gasteiger partial charge is 0.372 e. The van der Waals surface area contributed by atoms with Crippen LogP contribution in [0.5, 0.6) is 0 Å². The highest BCUT2D eigenvalue weighted by Crippen LogP contribution is 2.53. The zero-order valence-corrected chi connectivity index (χ0v) is 14.1. The molecule has 0 bridgehead atoms. The van der Waals surface area contributed by atoms with Crippen molar-refractivity contribution in [3.8, 4) is 0 Å². The first-order chi connectivity index (χ1) is 12.0. The number of hydrogen-bond acceptors (Lipinski definition) is 3. The van der Waals surface area contributed by atoms with E-state index in [-0.39, 0.29) is 34.3 Å². The van der Waals surface area contributed by atoms with Crippen molar-refractivity contribution < 1.29 is 9.31 Å². The summed E-state index contributed by atoms with van der Waals surface area (Å²) in [6.45, 7) is 3.91. The Morgan fingerprint density at radius 1 is 1.28 bits per heavy atom. The Morgan fingerprint density at radius 2 is 2.04 bits per heavy atom. The molecule has 0 saturated carbocycles. The molecule has 3 atom stereocenters. The van der Waals surface area contributed by atoms with E-state index < -0.39 is 0 Å². The Balaban J connectivity index is 1.94. The van der Waals surface area contributed by atoms with Crippen molar-refractivity contribution >= 4 is 11.4 Å². The van der Waals surface area contributed by atoms with Crippen LogP contribution < -0.4 is 5.32 Å². The molecule has 4 nitrogen and oxygen atoms in total. The number of allylic oxidation sites excluding steroid dienone is 2. The Labute approximate surface area is 145 Å². The summed E-state index contributed by atoms with van der Waals surface area (Å²) in [5.41, 5.74) is 4.14. The summed E-state index contributed by atoms with van der Waals surface area (Å²) in [6.07, 6.45) is 5.05. The maximum atomic E-state index is 14.4. The summed E-state index contributed by atoms with van der Waals surface area (Å²) < 4.78 is 14.4. The lowest BCUT2D eigenvalue weighted by Crippen LogP contribution is -2.31. The van der Waals surface area contributed by atoms with E-state index in [0.29, 0.717) is 11.3 Å². The molecule has 0 spiro atoms. The van der Waals surface area contributed by atoms with Gasteiger partial charge in [0, 0.05) is 17.5 Å². The van der Waals surface area contributed by atoms with E-state index in [1.54, 1.807) is 18.2 Å². The molecule has 0 fully saturated rings. The quantitative estimate of drug-likeness (QED) is 0.466. The van der Waals surface area contributed by atoms with Crippen molar-refractivity contribution in [3.63, 3.8) is 0 Å². The molecule has 2 aromatic carbocycles. The number of rotatable bonds is 2. The molecule has 0 aromatic heterocycles. The number of anilines is 1. The first kappa shape index (κ1) is 15.8. The molecular formula is C20H19FN2O2. The topological polar surface area (TPSA) is 55.2 Å². The van der Waals surface area contributed by atoms with Crippen LogP contribution in [0.15, 0.2) is 42.5 Å². The van der Waals surface area contributed by atoms with E-state index in [4.69, 9.17) is 0 Å². The number of benzene rings is 2. The molecule has 128 valence electrons. The summed E-state index contributed by atoms with van der Waals surface area (Å²) in [5.74, 6) is -0.0513. The van der Waals surface area contributed by atoms with Gasteiger partial charge in [-0.1, -0.05) is 30.4 Å². The summed E-state index contributed by atoms with van der Waals surface area (Å²) in [7, 11) is 0. The number of nitro groups is 1. The first-order valence-electron chi connectivity index (χ1n) is 8.45. The third-order valence-electron chi connectivity index (χ3n) is 5.59. The lowest BCUT2D eigenvalue weighted by molar-refractivity contribution is -0.384. The second kappa shape index (κ2) is 5.69. The van der Waals surface area contributed by atoms with E-state index in [1.165, 1.54) is 6.07 Å². The van der Waals surface area contributed by atoms with Crippen molar-refractivity contribution in [2.75, 3.05) is 5.32 Å². The van der Waals surface area contributed by atoms with Gasteiger partial charge in [0.1, 0.15) is 11.5 Å². The molecule has 5 heteroatoms. The van der Waals surface area contributed by atoms with E-state index in [1.807, 2.05) is 19.9 Å². The fourth-order valence-electron chi connectivity index (χ4n) is 4.26. The van der Waals surface area contributed by atoms with Gasteiger partial charge in [0.2, 0.25) is 0 Å². The normalized spacial score (nSPS) is 23.7. The molecule has 0 saturated heterocycles. The van der Waals surface area contributed by atoms with E-state index in [2.05, 4.69) is 17.5 Å². The minimum Gasteiger partial charge on any atom is -0.372 e. The fourth-order valence-corrected chi connectivity index (χ4v) is 4.26. The molecule has 1 heterocycles. The summed E-state index contributed by atoms with van der Waals surface area (Å²) >= 11 is 0. The van der Waals surface area contributed by atoms with Crippen LogP contribution in [0.1, 0.15) is 40.6 Å². The highest BCUT2D eigenvalue weighted by molar-refractivity contribution is 5.74. The van der Waals surface area contributed by atoms with Gasteiger partial charge >= 0.3 is 0 Å². The zero-order valence-electron chi connectivity index (χ0n) is 14.1. The van der Waals surface area contributed by atoms with Crippen LogP contribution in [0.25, 0.3) is 0 Å². The Morgan fingerprint density at radius 3 is 2.76 bits per heavy atom. The monoisotopic (exact) mass is 338 g/mol. The first-order valence-corrected chi connectivity index (χ1v) is 8.45. The SMILES string of the molecule is Cc1cc([N+](=O)[O-])c2c(c1C)[C@@H]1C=CC[C@H]1[C@@H](c1ccccc1F)N2. The van der Waals surface area contributed by atoms with Crippen LogP contribution in [0.3, 0.4) is 0 Å². The van der Waals surface area contributed by atoms with Crippen molar-refractivity contribution in [1.29, 1.82) is 0 Å². The van der Waals surface area contributed by atoms with Crippen LogP contribution in [0.4, 0.5) is 15.8 Å². The maximum absolute atomic E-state index is 14.4. The predicted octanol–water partition coefficient (Wildman–Crippen LogP) is 5.18. The predicted molar refractivity (Wildman–Crippen MR) is 95.3 cm³/mol. The Bertz CT molecular complexity index is 907. The molecular weight excluding hydrogens is 319 g/mol. The van der Waals surface area contributed by atoms with Crippen LogP contribution in [0, 0.1) is 35.7 Å². The fraction of sp³-hybridized carbons (Fsp3) is 0.300. The van der Waals surface area contributed by atoms with Gasteiger partial charge in [0.25, 0.3) is 5.69 Å². The molecule has 0 radical (unpaired) electrons. The molecule has 1 aliphatic heterocycles. The van der Waals surface area contributed by atoms with Gasteiger partial charge in [-0.3, -0.25) is 10.1 Å². The molecule has 2 aliphatic rings. The Kier molecular flexibility index (Phi) is 3.60. The van der Waals surface area contributed by atoms with Gasteiger partial charge in [-0.15, -0.1) is 0 Å². The number of hydrogen-bond donors (Lipinski definition) is 1. The highest BCUT2D eigenvalue weighted by Gasteiger charge is 2.42. The number of nitrogens with zero attached hydrogens (tertiary/aromatic N) is 1. The number of fused-ring (bicyclic) bond motifs is 3. The average Bonchev–Trinajstić information content (AvgIpc) is 3.07. The lowest BCUT2D eigenvalue weighted by atomic mass is 9.74. The van der Waals surface area contributed by atoms with Crippen LogP contribution >= 0.6 is 0 Å². The van der Waals surface area contributed by atoms with Crippen molar-refractivity contribution in [1.82, 2.24) is 0 Å². The van der Waals surface area contributed by atoms with Gasteiger partial charge in [-0.25, -0.2) is 4.39 Å². The van der Waals surface area contributed by atoms with E-state index in [9.17, 15) is 14.5 Å². The van der Waals surface area contributed by atoms with Gasteiger partial charge < -0.3 is 5.32 Å². The molecule has 4 rings (SSSR count). The van der Waals surface area contributed by atoms with Crippen LogP contribution in [0.2, 0.25) is 0 Å².